The van der Waals surface area contributed by atoms with Crippen molar-refractivity contribution in [2.45, 2.75) is 58.5 Å². The normalized spacial score (nSPS) is 29.3. The first-order chi connectivity index (χ1) is 8.03. The van der Waals surface area contributed by atoms with E-state index in [1.165, 1.54) is 24.0 Å². The van der Waals surface area contributed by atoms with Gasteiger partial charge in [0.2, 0.25) is 0 Å². The van der Waals surface area contributed by atoms with Crippen LogP contribution >= 0.6 is 0 Å². The summed E-state index contributed by atoms with van der Waals surface area (Å²) >= 11 is 0. The quantitative estimate of drug-likeness (QED) is 0.814. The molecule has 1 saturated carbocycles. The summed E-state index contributed by atoms with van der Waals surface area (Å²) in [6, 6.07) is 6.49. The number of benzene rings is 1. The Morgan fingerprint density at radius 1 is 1.24 bits per heavy atom. The van der Waals surface area contributed by atoms with Crippen LogP contribution in [0.15, 0.2) is 18.2 Å². The van der Waals surface area contributed by atoms with E-state index >= 15 is 0 Å². The van der Waals surface area contributed by atoms with Crippen molar-refractivity contribution >= 4 is 0 Å². The van der Waals surface area contributed by atoms with Crippen molar-refractivity contribution in [1.82, 2.24) is 0 Å². The molecule has 1 fully saturated rings. The largest absolute Gasteiger partial charge is 0.385 e. The zero-order chi connectivity index (χ0) is 12.5. The zero-order valence-corrected chi connectivity index (χ0v) is 11.3. The molecule has 17 heavy (non-hydrogen) atoms. The van der Waals surface area contributed by atoms with Crippen molar-refractivity contribution in [3.05, 3.63) is 34.9 Å². The molecule has 1 N–H and O–H groups in total. The standard InChI is InChI=1S/C16H24O/c1-4-14-6-5-7-16(17,11-14)15-9-12(2)8-13(3)10-15/h8-10,14,17H,4-7,11H2,1-3H3. The number of rotatable bonds is 2. The molecule has 0 heterocycles. The molecule has 2 atom stereocenters. The van der Waals surface area contributed by atoms with Crippen LogP contribution in [0.2, 0.25) is 0 Å². The number of aliphatic hydroxyl groups is 1. The van der Waals surface area contributed by atoms with E-state index in [0.717, 1.165) is 24.8 Å². The molecule has 0 aliphatic heterocycles. The molecule has 2 rings (SSSR count). The van der Waals surface area contributed by atoms with Crippen molar-refractivity contribution in [3.8, 4) is 0 Å². The van der Waals surface area contributed by atoms with E-state index in [2.05, 4.69) is 39.0 Å². The van der Waals surface area contributed by atoms with Gasteiger partial charge in [-0.25, -0.2) is 0 Å². The predicted octanol–water partition coefficient (Wildman–Crippen LogP) is 4.09. The topological polar surface area (TPSA) is 20.2 Å². The molecule has 2 unspecified atom stereocenters. The second-order valence-electron chi connectivity index (χ2n) is 5.78. The van der Waals surface area contributed by atoms with Gasteiger partial charge in [0.05, 0.1) is 5.60 Å². The van der Waals surface area contributed by atoms with Crippen LogP contribution in [0.1, 0.15) is 55.7 Å². The average Bonchev–Trinajstić information content (AvgIpc) is 2.28. The maximum atomic E-state index is 10.9. The minimum absolute atomic E-state index is 0.574. The Balaban J connectivity index is 2.30. The minimum Gasteiger partial charge on any atom is -0.385 e. The molecule has 0 aromatic heterocycles. The van der Waals surface area contributed by atoms with E-state index in [1.807, 2.05) is 0 Å². The van der Waals surface area contributed by atoms with Gasteiger partial charge in [-0.3, -0.25) is 0 Å². The molecule has 1 aromatic rings. The van der Waals surface area contributed by atoms with Crippen LogP contribution in [0.3, 0.4) is 0 Å². The monoisotopic (exact) mass is 232 g/mol. The van der Waals surface area contributed by atoms with Crippen LogP contribution in [0.5, 0.6) is 0 Å². The van der Waals surface area contributed by atoms with Crippen molar-refractivity contribution < 1.29 is 5.11 Å². The van der Waals surface area contributed by atoms with E-state index in [4.69, 9.17) is 0 Å². The number of aryl methyl sites for hydroxylation is 2. The van der Waals surface area contributed by atoms with Gasteiger partial charge in [-0.15, -0.1) is 0 Å². The molecule has 0 radical (unpaired) electrons. The molecule has 94 valence electrons. The molecule has 1 aliphatic rings. The van der Waals surface area contributed by atoms with Crippen molar-refractivity contribution in [1.29, 1.82) is 0 Å². The van der Waals surface area contributed by atoms with Crippen LogP contribution < -0.4 is 0 Å². The summed E-state index contributed by atoms with van der Waals surface area (Å²) in [5, 5.41) is 10.9. The molecule has 0 saturated heterocycles. The first-order valence-electron chi connectivity index (χ1n) is 6.84. The fourth-order valence-corrected chi connectivity index (χ4v) is 3.22. The molecular weight excluding hydrogens is 208 g/mol. The predicted molar refractivity (Wildman–Crippen MR) is 72.1 cm³/mol. The average molecular weight is 232 g/mol. The van der Waals surface area contributed by atoms with Gasteiger partial charge in [-0.2, -0.15) is 0 Å². The molecule has 0 amide bonds. The summed E-state index contributed by atoms with van der Waals surface area (Å²) < 4.78 is 0. The zero-order valence-electron chi connectivity index (χ0n) is 11.3. The van der Waals surface area contributed by atoms with Gasteiger partial charge in [0.1, 0.15) is 0 Å². The number of hydrogen-bond donors (Lipinski definition) is 1. The van der Waals surface area contributed by atoms with Crippen molar-refractivity contribution in [2.24, 2.45) is 5.92 Å². The summed E-state index contributed by atoms with van der Waals surface area (Å²) in [6.45, 7) is 6.46. The Labute approximate surface area is 105 Å². The first-order valence-corrected chi connectivity index (χ1v) is 6.84. The molecule has 0 spiro atoms. The maximum absolute atomic E-state index is 10.9. The third kappa shape index (κ3) is 2.71. The van der Waals surface area contributed by atoms with Crippen LogP contribution in [-0.4, -0.2) is 5.11 Å². The second kappa shape index (κ2) is 4.81. The Morgan fingerprint density at radius 3 is 2.47 bits per heavy atom. The highest BCUT2D eigenvalue weighted by Gasteiger charge is 2.35. The first kappa shape index (κ1) is 12.6. The van der Waals surface area contributed by atoms with Gasteiger partial charge in [-0.05, 0) is 44.6 Å². The summed E-state index contributed by atoms with van der Waals surface area (Å²) in [7, 11) is 0. The molecule has 1 aromatic carbocycles. The lowest BCUT2D eigenvalue weighted by molar-refractivity contribution is -0.0218. The maximum Gasteiger partial charge on any atom is 0.0899 e. The summed E-state index contributed by atoms with van der Waals surface area (Å²) in [5.74, 6) is 0.689. The lowest BCUT2D eigenvalue weighted by Gasteiger charge is -2.37. The lowest BCUT2D eigenvalue weighted by Crippen LogP contribution is -2.32. The molecule has 1 heteroatoms. The highest BCUT2D eigenvalue weighted by atomic mass is 16.3. The van der Waals surface area contributed by atoms with Crippen LogP contribution in [-0.2, 0) is 5.60 Å². The highest BCUT2D eigenvalue weighted by molar-refractivity contribution is 5.32. The summed E-state index contributed by atoms with van der Waals surface area (Å²) in [5.41, 5.74) is 3.07. The fourth-order valence-electron chi connectivity index (χ4n) is 3.22. The highest BCUT2D eigenvalue weighted by Crippen LogP contribution is 2.41. The number of hydrogen-bond acceptors (Lipinski definition) is 1. The second-order valence-corrected chi connectivity index (χ2v) is 5.78. The van der Waals surface area contributed by atoms with Crippen LogP contribution in [0.4, 0.5) is 0 Å². The van der Waals surface area contributed by atoms with Crippen LogP contribution in [0.25, 0.3) is 0 Å². The van der Waals surface area contributed by atoms with Gasteiger partial charge >= 0.3 is 0 Å². The Bertz CT molecular complexity index is 376. The fraction of sp³-hybridized carbons (Fsp3) is 0.625. The van der Waals surface area contributed by atoms with Gasteiger partial charge in [0.15, 0.2) is 0 Å². The van der Waals surface area contributed by atoms with Gasteiger partial charge in [0.25, 0.3) is 0 Å². The summed E-state index contributed by atoms with van der Waals surface area (Å²) in [4.78, 5) is 0. The van der Waals surface area contributed by atoms with E-state index in [1.54, 1.807) is 0 Å². The van der Waals surface area contributed by atoms with Crippen molar-refractivity contribution in [3.63, 3.8) is 0 Å². The van der Waals surface area contributed by atoms with Gasteiger partial charge in [0, 0.05) is 0 Å². The third-order valence-corrected chi connectivity index (χ3v) is 4.17. The molecule has 0 bridgehead atoms. The smallest absolute Gasteiger partial charge is 0.0899 e. The minimum atomic E-state index is -0.574. The van der Waals surface area contributed by atoms with Crippen molar-refractivity contribution in [2.75, 3.05) is 0 Å². The van der Waals surface area contributed by atoms with E-state index in [-0.39, 0.29) is 0 Å². The Morgan fingerprint density at radius 2 is 1.88 bits per heavy atom. The van der Waals surface area contributed by atoms with E-state index in [0.29, 0.717) is 5.92 Å². The summed E-state index contributed by atoms with van der Waals surface area (Å²) in [6.07, 6.45) is 5.48. The Hall–Kier alpha value is -0.820. The van der Waals surface area contributed by atoms with Crippen LogP contribution in [0, 0.1) is 19.8 Å². The molecular formula is C16H24O. The third-order valence-electron chi connectivity index (χ3n) is 4.17. The molecule has 1 aliphatic carbocycles. The van der Waals surface area contributed by atoms with Gasteiger partial charge in [-0.1, -0.05) is 49.1 Å². The SMILES string of the molecule is CCC1CCCC(O)(c2cc(C)cc(C)c2)C1. The van der Waals surface area contributed by atoms with Gasteiger partial charge < -0.3 is 5.11 Å². The van der Waals surface area contributed by atoms with E-state index in [9.17, 15) is 5.11 Å². The van der Waals surface area contributed by atoms with E-state index < -0.39 is 5.60 Å². The lowest BCUT2D eigenvalue weighted by atomic mass is 9.73. The Kier molecular flexibility index (Phi) is 3.58. The molecule has 1 nitrogen and oxygen atoms in total.